The third-order valence-corrected chi connectivity index (χ3v) is 6.37. The largest absolute Gasteiger partial charge is 0.486 e. The van der Waals surface area contributed by atoms with Crippen molar-refractivity contribution in [2.75, 3.05) is 13.2 Å². The molecule has 1 aromatic heterocycles. The molecule has 3 aromatic rings. The van der Waals surface area contributed by atoms with Gasteiger partial charge >= 0.3 is 0 Å². The number of sulfonamides is 1. The van der Waals surface area contributed by atoms with Crippen molar-refractivity contribution < 1.29 is 22.7 Å². The minimum atomic E-state index is -3.81. The Morgan fingerprint density at radius 3 is 2.66 bits per heavy atom. The Morgan fingerprint density at radius 1 is 1.17 bits per heavy atom. The number of benzene rings is 2. The number of thiazole rings is 1. The van der Waals surface area contributed by atoms with Crippen molar-refractivity contribution in [3.8, 4) is 11.5 Å². The number of fused-ring (bicyclic) bond motifs is 2. The average molecular weight is 434 g/mol. The molecule has 1 amide bonds. The number of hydrogen-bond donors (Lipinski definition) is 1. The summed E-state index contributed by atoms with van der Waals surface area (Å²) in [4.78, 5) is 17.6. The van der Waals surface area contributed by atoms with E-state index in [1.165, 1.54) is 23.5 Å². The first kappa shape index (κ1) is 19.6. The molecule has 0 saturated carbocycles. The number of aromatic nitrogens is 1. The van der Waals surface area contributed by atoms with Crippen molar-refractivity contribution in [3.63, 3.8) is 0 Å². The lowest BCUT2D eigenvalue weighted by Crippen LogP contribution is -2.18. The van der Waals surface area contributed by atoms with E-state index in [2.05, 4.69) is 4.99 Å². The van der Waals surface area contributed by atoms with Crippen molar-refractivity contribution >= 4 is 37.5 Å². The Morgan fingerprint density at radius 2 is 1.93 bits per heavy atom. The number of rotatable bonds is 4. The normalized spacial score (nSPS) is 14.3. The van der Waals surface area contributed by atoms with Crippen LogP contribution in [0, 0.1) is 0 Å². The second-order valence-electron chi connectivity index (χ2n) is 6.49. The number of amides is 1. The summed E-state index contributed by atoms with van der Waals surface area (Å²) >= 11 is 1.25. The Balaban J connectivity index is 1.80. The molecular formula is C19H19N3O5S2. The molecule has 2 heterocycles. The molecule has 0 spiro atoms. The number of carbonyl (C=O) groups excluding carboxylic acids is 1. The predicted molar refractivity (Wildman–Crippen MR) is 109 cm³/mol. The third-order valence-electron chi connectivity index (χ3n) is 4.42. The van der Waals surface area contributed by atoms with Gasteiger partial charge in [0.2, 0.25) is 10.0 Å². The fourth-order valence-electron chi connectivity index (χ4n) is 3.08. The summed E-state index contributed by atoms with van der Waals surface area (Å²) < 4.78 is 36.9. The van der Waals surface area contributed by atoms with Gasteiger partial charge in [-0.15, -0.1) is 0 Å². The van der Waals surface area contributed by atoms with Crippen molar-refractivity contribution in [2.24, 2.45) is 10.1 Å². The monoisotopic (exact) mass is 433 g/mol. The summed E-state index contributed by atoms with van der Waals surface area (Å²) in [6, 6.07) is 9.63. The average Bonchev–Trinajstić information content (AvgIpc) is 3.03. The first-order valence-electron chi connectivity index (χ1n) is 9.01. The van der Waals surface area contributed by atoms with Gasteiger partial charge in [-0.05, 0) is 42.8 Å². The summed E-state index contributed by atoms with van der Waals surface area (Å²) in [6.07, 6.45) is 0.828. The zero-order valence-electron chi connectivity index (χ0n) is 15.6. The van der Waals surface area contributed by atoms with Crippen LogP contribution in [0.5, 0.6) is 11.5 Å². The van der Waals surface area contributed by atoms with Crippen LogP contribution in [0.1, 0.15) is 23.7 Å². The number of carbonyl (C=O) groups is 1. The molecule has 0 aliphatic carbocycles. The minimum absolute atomic E-state index is 0.0274. The standard InChI is InChI=1S/C19H19N3O5S2/c1-2-7-22-14-5-4-13(29(20,24)25)11-17(14)28-19(22)21-18(23)12-3-6-15-16(10-12)27-9-8-26-15/h3-6,10-11H,2,7-9H2,1H3,(H2,20,24,25). The molecule has 0 atom stereocenters. The summed E-state index contributed by atoms with van der Waals surface area (Å²) in [7, 11) is -3.81. The van der Waals surface area contributed by atoms with Crippen LogP contribution in [0.15, 0.2) is 46.3 Å². The quantitative estimate of drug-likeness (QED) is 0.678. The van der Waals surface area contributed by atoms with Gasteiger partial charge in [0, 0.05) is 12.1 Å². The van der Waals surface area contributed by atoms with E-state index < -0.39 is 15.9 Å². The van der Waals surface area contributed by atoms with E-state index in [1.807, 2.05) is 11.5 Å². The molecule has 4 rings (SSSR count). The highest BCUT2D eigenvalue weighted by Gasteiger charge is 2.16. The molecular weight excluding hydrogens is 414 g/mol. The van der Waals surface area contributed by atoms with Crippen molar-refractivity contribution in [1.29, 1.82) is 0 Å². The summed E-state index contributed by atoms with van der Waals surface area (Å²) in [5.74, 6) is 0.712. The van der Waals surface area contributed by atoms with E-state index >= 15 is 0 Å². The van der Waals surface area contributed by atoms with Crippen LogP contribution in [0.2, 0.25) is 0 Å². The molecule has 0 saturated heterocycles. The lowest BCUT2D eigenvalue weighted by atomic mass is 10.2. The highest BCUT2D eigenvalue weighted by molar-refractivity contribution is 7.89. The van der Waals surface area contributed by atoms with Gasteiger partial charge in [0.25, 0.3) is 5.91 Å². The van der Waals surface area contributed by atoms with E-state index in [1.54, 1.807) is 24.3 Å². The number of ether oxygens (including phenoxy) is 2. The highest BCUT2D eigenvalue weighted by Crippen LogP contribution is 2.31. The van der Waals surface area contributed by atoms with Gasteiger partial charge in [-0.1, -0.05) is 18.3 Å². The topological polar surface area (TPSA) is 113 Å². The van der Waals surface area contributed by atoms with Crippen molar-refractivity contribution in [2.45, 2.75) is 24.8 Å². The molecule has 2 aromatic carbocycles. The lowest BCUT2D eigenvalue weighted by Gasteiger charge is -2.18. The summed E-state index contributed by atoms with van der Waals surface area (Å²) in [5.41, 5.74) is 1.19. The molecule has 1 aliphatic heterocycles. The van der Waals surface area contributed by atoms with Gasteiger partial charge in [-0.2, -0.15) is 4.99 Å². The molecule has 2 N–H and O–H groups in total. The highest BCUT2D eigenvalue weighted by atomic mass is 32.2. The molecule has 152 valence electrons. The molecule has 10 heteroatoms. The van der Waals surface area contributed by atoms with E-state index in [4.69, 9.17) is 14.6 Å². The molecule has 0 radical (unpaired) electrons. The molecule has 0 bridgehead atoms. The van der Waals surface area contributed by atoms with Crippen LogP contribution in [-0.2, 0) is 16.6 Å². The lowest BCUT2D eigenvalue weighted by molar-refractivity contribution is 0.0996. The smallest absolute Gasteiger partial charge is 0.279 e. The Hall–Kier alpha value is -2.69. The van der Waals surface area contributed by atoms with Gasteiger partial charge in [0.1, 0.15) is 13.2 Å². The molecule has 0 fully saturated rings. The van der Waals surface area contributed by atoms with E-state index in [0.29, 0.717) is 46.3 Å². The fraction of sp³-hybridized carbons (Fsp3) is 0.263. The minimum Gasteiger partial charge on any atom is -0.486 e. The van der Waals surface area contributed by atoms with Crippen LogP contribution in [0.3, 0.4) is 0 Å². The maximum atomic E-state index is 12.8. The van der Waals surface area contributed by atoms with E-state index in [-0.39, 0.29) is 4.90 Å². The summed E-state index contributed by atoms with van der Waals surface area (Å²) in [6.45, 7) is 3.56. The fourth-order valence-corrected chi connectivity index (χ4v) is 4.79. The number of aryl methyl sites for hydroxylation is 1. The number of primary sulfonamides is 1. The van der Waals surface area contributed by atoms with Gasteiger partial charge in [-0.3, -0.25) is 4.79 Å². The Labute approximate surface area is 171 Å². The first-order valence-corrected chi connectivity index (χ1v) is 11.4. The van der Waals surface area contributed by atoms with Crippen LogP contribution in [0.25, 0.3) is 10.2 Å². The number of hydrogen-bond acceptors (Lipinski definition) is 6. The molecule has 1 aliphatic rings. The van der Waals surface area contributed by atoms with Crippen LogP contribution >= 0.6 is 11.3 Å². The van der Waals surface area contributed by atoms with Gasteiger partial charge < -0.3 is 14.0 Å². The van der Waals surface area contributed by atoms with Crippen LogP contribution in [-0.4, -0.2) is 32.1 Å². The van der Waals surface area contributed by atoms with E-state index in [9.17, 15) is 13.2 Å². The van der Waals surface area contributed by atoms with Crippen molar-refractivity contribution in [1.82, 2.24) is 4.57 Å². The van der Waals surface area contributed by atoms with Crippen LogP contribution < -0.4 is 19.4 Å². The third kappa shape index (κ3) is 3.91. The van der Waals surface area contributed by atoms with Gasteiger partial charge in [-0.25, -0.2) is 13.6 Å². The predicted octanol–water partition coefficient (Wildman–Crippen LogP) is 2.27. The maximum absolute atomic E-state index is 12.8. The maximum Gasteiger partial charge on any atom is 0.279 e. The summed E-state index contributed by atoms with van der Waals surface area (Å²) in [5, 5.41) is 5.23. The van der Waals surface area contributed by atoms with E-state index in [0.717, 1.165) is 11.9 Å². The molecule has 8 nitrogen and oxygen atoms in total. The zero-order chi connectivity index (χ0) is 20.6. The molecule has 0 unspecified atom stereocenters. The van der Waals surface area contributed by atoms with Gasteiger partial charge in [0.15, 0.2) is 16.3 Å². The number of nitrogens with two attached hydrogens (primary N) is 1. The molecule has 29 heavy (non-hydrogen) atoms. The second kappa shape index (κ2) is 7.62. The van der Waals surface area contributed by atoms with Gasteiger partial charge in [0.05, 0.1) is 15.1 Å². The SMILES string of the molecule is CCCn1c(=NC(=O)c2ccc3c(c2)OCCO3)sc2cc(S(N)(=O)=O)ccc21. The first-order chi connectivity index (χ1) is 13.9. The van der Waals surface area contributed by atoms with Crippen LogP contribution in [0.4, 0.5) is 0 Å². The van der Waals surface area contributed by atoms with Crippen molar-refractivity contribution in [3.05, 3.63) is 46.8 Å². The zero-order valence-corrected chi connectivity index (χ0v) is 17.3. The second-order valence-corrected chi connectivity index (χ2v) is 9.06. The Bertz CT molecular complexity index is 1270. The number of nitrogens with zero attached hydrogens (tertiary/aromatic N) is 2. The Kier molecular flexibility index (Phi) is 5.15.